The van der Waals surface area contributed by atoms with Crippen molar-refractivity contribution in [2.45, 2.75) is 62.7 Å². The monoisotopic (exact) mass is 558 g/mol. The largest absolute Gasteiger partial charge is 0.394 e. The number of hydrogen-bond donors (Lipinski definition) is 4. The molecule has 3 aromatic rings. The predicted molar refractivity (Wildman–Crippen MR) is 143 cm³/mol. The molecule has 2 fully saturated rings. The summed E-state index contributed by atoms with van der Waals surface area (Å²) < 4.78 is 28.2. The lowest BCUT2D eigenvalue weighted by Crippen LogP contribution is -2.76. The number of aromatic nitrogens is 4. The van der Waals surface area contributed by atoms with Crippen LogP contribution in [0.2, 0.25) is 0 Å². The first-order valence-corrected chi connectivity index (χ1v) is 13.1. The molecule has 0 amide bonds. The molecule has 0 bridgehead atoms. The minimum atomic E-state index is -2.47. The standard InChI is InChI=1S/C27H35FN6O6/c1-24(2,3)23(37)27(34-15-32-19-21(29)30-14-31-22(19)34)26(38,20(36)18(13-35)40-27)25(39-4)9-11-33(12-10-25)17-8-6-5-7-16(17)28/h5-8,14-15,18,20,35-36,38H,9-13H2,1-4H3,(H2,29,30,31)/t18-,20-,26+,27-/m1/s1. The summed E-state index contributed by atoms with van der Waals surface area (Å²) in [5.41, 5.74) is -0.872. The number of hydrogen-bond acceptors (Lipinski definition) is 11. The van der Waals surface area contributed by atoms with Crippen molar-refractivity contribution < 1.29 is 34.0 Å². The van der Waals surface area contributed by atoms with Crippen molar-refractivity contribution in [3.63, 3.8) is 0 Å². The van der Waals surface area contributed by atoms with Gasteiger partial charge >= 0.3 is 0 Å². The van der Waals surface area contributed by atoms with Crippen LogP contribution in [0.3, 0.4) is 0 Å². The number of fused-ring (bicyclic) bond motifs is 1. The topological polar surface area (TPSA) is 169 Å². The Bertz CT molecular complexity index is 1420. The van der Waals surface area contributed by atoms with Gasteiger partial charge in [0.15, 0.2) is 22.8 Å². The highest BCUT2D eigenvalue weighted by Gasteiger charge is 2.78. The van der Waals surface area contributed by atoms with Crippen LogP contribution in [0.5, 0.6) is 0 Å². The van der Waals surface area contributed by atoms with Gasteiger partial charge < -0.3 is 35.4 Å². The van der Waals surface area contributed by atoms with Gasteiger partial charge in [0.2, 0.25) is 5.72 Å². The van der Waals surface area contributed by atoms with Crippen LogP contribution in [0.4, 0.5) is 15.9 Å². The third-order valence-corrected chi connectivity index (χ3v) is 8.34. The summed E-state index contributed by atoms with van der Waals surface area (Å²) in [5, 5.41) is 34.9. The average Bonchev–Trinajstić information content (AvgIpc) is 3.47. The molecule has 4 atom stereocenters. The van der Waals surface area contributed by atoms with Crippen molar-refractivity contribution in [2.75, 3.05) is 37.4 Å². The number of ether oxygens (including phenoxy) is 2. The summed E-state index contributed by atoms with van der Waals surface area (Å²) in [7, 11) is 1.38. The number of halogens is 1. The van der Waals surface area contributed by atoms with Crippen molar-refractivity contribution in [3.8, 4) is 0 Å². The van der Waals surface area contributed by atoms with Crippen LogP contribution < -0.4 is 10.6 Å². The quantitative estimate of drug-likeness (QED) is 0.340. The Hall–Kier alpha value is -3.23. The molecule has 2 saturated heterocycles. The lowest BCUT2D eigenvalue weighted by molar-refractivity contribution is -0.275. The van der Waals surface area contributed by atoms with Crippen molar-refractivity contribution in [1.29, 1.82) is 0 Å². The molecule has 0 radical (unpaired) electrons. The number of aliphatic hydroxyl groups is 3. The number of imidazole rings is 1. The Morgan fingerprint density at radius 3 is 2.50 bits per heavy atom. The zero-order valence-corrected chi connectivity index (χ0v) is 22.9. The maximum Gasteiger partial charge on any atom is 0.243 e. The summed E-state index contributed by atoms with van der Waals surface area (Å²) in [5.74, 6) is -0.959. The van der Waals surface area contributed by atoms with E-state index in [1.165, 1.54) is 30.4 Å². The van der Waals surface area contributed by atoms with E-state index in [0.29, 0.717) is 5.69 Å². The number of ketones is 1. The number of nitrogens with two attached hydrogens (primary N) is 1. The molecule has 40 heavy (non-hydrogen) atoms. The number of carbonyl (C=O) groups excluding carboxylic acids is 1. The van der Waals surface area contributed by atoms with Gasteiger partial charge in [0.25, 0.3) is 0 Å². The smallest absolute Gasteiger partial charge is 0.243 e. The molecule has 1 aromatic carbocycles. The molecule has 4 heterocycles. The zero-order chi connectivity index (χ0) is 29.1. The highest BCUT2D eigenvalue weighted by atomic mass is 19.1. The van der Waals surface area contributed by atoms with Crippen molar-refractivity contribution in [2.24, 2.45) is 5.41 Å². The van der Waals surface area contributed by atoms with Crippen LogP contribution in [0.1, 0.15) is 33.6 Å². The summed E-state index contributed by atoms with van der Waals surface area (Å²) >= 11 is 0. The minimum absolute atomic E-state index is 0.0440. The van der Waals surface area contributed by atoms with Crippen LogP contribution in [-0.2, 0) is 20.0 Å². The number of rotatable bonds is 6. The third kappa shape index (κ3) is 3.75. The minimum Gasteiger partial charge on any atom is -0.394 e. The zero-order valence-electron chi connectivity index (χ0n) is 22.9. The van der Waals surface area contributed by atoms with Crippen LogP contribution in [0.15, 0.2) is 36.9 Å². The normalized spacial score (nSPS) is 28.8. The number of para-hydroxylation sites is 1. The molecule has 0 saturated carbocycles. The van der Waals surface area contributed by atoms with E-state index in [2.05, 4.69) is 15.0 Å². The molecule has 5 rings (SSSR count). The van der Waals surface area contributed by atoms with Gasteiger partial charge in [-0.3, -0.25) is 9.36 Å². The van der Waals surface area contributed by atoms with Gasteiger partial charge in [-0.15, -0.1) is 0 Å². The summed E-state index contributed by atoms with van der Waals surface area (Å²) in [6.45, 7) is 4.72. The average molecular weight is 559 g/mol. The van der Waals surface area contributed by atoms with Gasteiger partial charge in [0, 0.05) is 25.6 Å². The van der Waals surface area contributed by atoms with Gasteiger partial charge in [-0.05, 0) is 25.0 Å². The van der Waals surface area contributed by atoms with E-state index in [1.807, 2.05) is 4.90 Å². The van der Waals surface area contributed by atoms with Crippen molar-refractivity contribution in [1.82, 2.24) is 19.5 Å². The van der Waals surface area contributed by atoms with Crippen molar-refractivity contribution in [3.05, 3.63) is 42.7 Å². The highest BCUT2D eigenvalue weighted by Crippen LogP contribution is 2.57. The second-order valence-electron chi connectivity index (χ2n) is 11.5. The molecule has 2 aliphatic rings. The lowest BCUT2D eigenvalue weighted by atomic mass is 9.63. The molecule has 0 spiro atoms. The van der Waals surface area contributed by atoms with Gasteiger partial charge in [0.1, 0.15) is 41.8 Å². The number of nitrogens with zero attached hydrogens (tertiary/aromatic N) is 5. The molecule has 13 heteroatoms. The first kappa shape index (κ1) is 28.3. The Labute approximate surface area is 230 Å². The lowest BCUT2D eigenvalue weighted by Gasteiger charge is -2.55. The SMILES string of the molecule is COC1([C@@]2(O)[C@H](O)[C@@H](CO)O[C@@]2(C(=O)C(C)(C)C)n2cnc3c(N)ncnc32)CCN(c2ccccc2F)CC1. The molecule has 2 aromatic heterocycles. The van der Waals surface area contributed by atoms with Gasteiger partial charge in [0.05, 0.1) is 12.3 Å². The summed E-state index contributed by atoms with van der Waals surface area (Å²) in [6.07, 6.45) is -0.539. The Balaban J connectivity index is 1.73. The molecular formula is C27H35FN6O6. The number of anilines is 2. The maximum atomic E-state index is 14.6. The Morgan fingerprint density at radius 1 is 1.23 bits per heavy atom. The molecule has 0 unspecified atom stereocenters. The van der Waals surface area contributed by atoms with E-state index in [1.54, 1.807) is 39.0 Å². The first-order chi connectivity index (χ1) is 18.9. The second-order valence-corrected chi connectivity index (χ2v) is 11.5. The predicted octanol–water partition coefficient (Wildman–Crippen LogP) is 0.984. The molecule has 216 valence electrons. The van der Waals surface area contributed by atoms with Gasteiger partial charge in [-0.2, -0.15) is 0 Å². The molecular weight excluding hydrogens is 523 g/mol. The molecule has 2 aliphatic heterocycles. The van der Waals surface area contributed by atoms with Gasteiger partial charge in [-0.25, -0.2) is 19.3 Å². The van der Waals surface area contributed by atoms with E-state index in [4.69, 9.17) is 15.2 Å². The van der Waals surface area contributed by atoms with Crippen LogP contribution in [0.25, 0.3) is 11.2 Å². The highest BCUT2D eigenvalue weighted by molar-refractivity contribution is 5.94. The van der Waals surface area contributed by atoms with E-state index in [-0.39, 0.29) is 42.9 Å². The number of methoxy groups -OCH3 is 1. The second kappa shape index (κ2) is 9.70. The Kier molecular flexibility index (Phi) is 6.86. The fourth-order valence-electron chi connectivity index (χ4n) is 6.28. The van der Waals surface area contributed by atoms with Crippen LogP contribution >= 0.6 is 0 Å². The third-order valence-electron chi connectivity index (χ3n) is 8.34. The fraction of sp³-hybridized carbons (Fsp3) is 0.556. The van der Waals surface area contributed by atoms with Crippen LogP contribution in [-0.4, -0.2) is 90.8 Å². The van der Waals surface area contributed by atoms with Crippen molar-refractivity contribution >= 4 is 28.5 Å². The maximum absolute atomic E-state index is 14.6. The fourth-order valence-corrected chi connectivity index (χ4v) is 6.28. The number of Topliss-reactive ketones (excluding diaryl/α,β-unsaturated/α-hetero) is 1. The number of nitrogen functional groups attached to an aromatic ring is 1. The van der Waals surface area contributed by atoms with E-state index >= 15 is 0 Å². The molecule has 12 nitrogen and oxygen atoms in total. The molecule has 5 N–H and O–H groups in total. The number of carbonyl (C=O) groups is 1. The number of aliphatic hydroxyl groups excluding tert-OH is 2. The van der Waals surface area contributed by atoms with E-state index < -0.39 is 52.8 Å². The summed E-state index contributed by atoms with van der Waals surface area (Å²) in [6, 6.07) is 6.36. The number of benzene rings is 1. The number of piperidine rings is 1. The molecule has 0 aliphatic carbocycles. The summed E-state index contributed by atoms with van der Waals surface area (Å²) in [4.78, 5) is 28.9. The first-order valence-electron chi connectivity index (χ1n) is 13.1. The van der Waals surface area contributed by atoms with Crippen LogP contribution in [0, 0.1) is 11.2 Å². The van der Waals surface area contributed by atoms with E-state index in [9.17, 15) is 24.5 Å². The van der Waals surface area contributed by atoms with Gasteiger partial charge in [-0.1, -0.05) is 32.9 Å². The van der Waals surface area contributed by atoms with E-state index in [0.717, 1.165) is 0 Å². The Morgan fingerprint density at radius 2 is 1.90 bits per heavy atom.